The van der Waals surface area contributed by atoms with E-state index < -0.39 is 20.6 Å². The average Bonchev–Trinajstić information content (AvgIpc) is 2.63. The summed E-state index contributed by atoms with van der Waals surface area (Å²) in [5, 5.41) is 3.02. The van der Waals surface area contributed by atoms with Gasteiger partial charge in [-0.3, -0.25) is 4.79 Å². The minimum absolute atomic E-state index is 0. The molecule has 1 aromatic carbocycles. The van der Waals surface area contributed by atoms with E-state index in [1.54, 1.807) is 26.0 Å². The van der Waals surface area contributed by atoms with Crippen molar-refractivity contribution in [3.63, 3.8) is 0 Å². The van der Waals surface area contributed by atoms with E-state index in [0.717, 1.165) is 0 Å². The highest BCUT2D eigenvalue weighted by atomic mass is 35.5. The second kappa shape index (κ2) is 9.81. The van der Waals surface area contributed by atoms with E-state index in [-0.39, 0.29) is 43.5 Å². The zero-order valence-electron chi connectivity index (χ0n) is 14.9. The Bertz CT molecular complexity index is 759. The summed E-state index contributed by atoms with van der Waals surface area (Å²) in [5.41, 5.74) is 0. The molecule has 144 valence electrons. The van der Waals surface area contributed by atoms with Crippen LogP contribution in [0.1, 0.15) is 26.7 Å². The third-order valence-corrected chi connectivity index (χ3v) is 6.57. The van der Waals surface area contributed by atoms with Gasteiger partial charge in [0.15, 0.2) is 14.6 Å². The normalized spacial score (nSPS) is 19.5. The summed E-state index contributed by atoms with van der Waals surface area (Å²) in [6.07, 6.45) is 0.834. The molecular formula is C18H24ClNO5S. The first kappa shape index (κ1) is 22.3. The van der Waals surface area contributed by atoms with Gasteiger partial charge >= 0.3 is 5.97 Å². The molecule has 0 saturated carbocycles. The van der Waals surface area contributed by atoms with Crippen LogP contribution >= 0.6 is 12.4 Å². The maximum atomic E-state index is 13.2. The van der Waals surface area contributed by atoms with Crippen LogP contribution in [-0.4, -0.2) is 45.4 Å². The van der Waals surface area contributed by atoms with Gasteiger partial charge in [-0.1, -0.05) is 5.92 Å². The molecule has 6 nitrogen and oxygen atoms in total. The predicted octanol–water partition coefficient (Wildman–Crippen LogP) is 1.97. The number of hydrogen-bond acceptors (Lipinski definition) is 6. The molecule has 1 N–H and O–H groups in total. The molecule has 1 aliphatic heterocycles. The lowest BCUT2D eigenvalue weighted by molar-refractivity contribution is -0.146. The molecule has 1 aliphatic rings. The number of benzene rings is 1. The van der Waals surface area contributed by atoms with E-state index >= 15 is 0 Å². The zero-order valence-corrected chi connectivity index (χ0v) is 16.5. The van der Waals surface area contributed by atoms with E-state index in [0.29, 0.717) is 18.7 Å². The lowest BCUT2D eigenvalue weighted by Crippen LogP contribution is -2.57. The largest absolute Gasteiger partial charge is 0.481 e. The Morgan fingerprint density at radius 1 is 1.31 bits per heavy atom. The van der Waals surface area contributed by atoms with Crippen molar-refractivity contribution in [2.45, 2.75) is 36.3 Å². The first-order chi connectivity index (χ1) is 12.0. The molecule has 1 heterocycles. The summed E-state index contributed by atoms with van der Waals surface area (Å²) in [4.78, 5) is 12.6. The minimum Gasteiger partial charge on any atom is -0.481 e. The molecule has 1 fully saturated rings. The van der Waals surface area contributed by atoms with Gasteiger partial charge in [0.05, 0.1) is 11.5 Å². The molecule has 0 aliphatic carbocycles. The molecule has 1 unspecified atom stereocenters. The first-order valence-corrected chi connectivity index (χ1v) is 9.71. The fourth-order valence-electron chi connectivity index (χ4n) is 2.79. The molecule has 1 saturated heterocycles. The lowest BCUT2D eigenvalue weighted by Gasteiger charge is -2.34. The van der Waals surface area contributed by atoms with Crippen LogP contribution in [-0.2, 0) is 19.4 Å². The lowest BCUT2D eigenvalue weighted by atomic mass is 9.99. The monoisotopic (exact) mass is 401 g/mol. The van der Waals surface area contributed by atoms with Gasteiger partial charge in [0.25, 0.3) is 0 Å². The van der Waals surface area contributed by atoms with Gasteiger partial charge in [0.1, 0.15) is 12.4 Å². The molecule has 0 radical (unpaired) electrons. The van der Waals surface area contributed by atoms with Crippen LogP contribution in [0.3, 0.4) is 0 Å². The van der Waals surface area contributed by atoms with Crippen molar-refractivity contribution in [1.29, 1.82) is 0 Å². The van der Waals surface area contributed by atoms with Crippen LogP contribution < -0.4 is 10.1 Å². The van der Waals surface area contributed by atoms with Crippen LogP contribution in [0.4, 0.5) is 0 Å². The van der Waals surface area contributed by atoms with Crippen LogP contribution in [0.25, 0.3) is 0 Å². The summed E-state index contributed by atoms with van der Waals surface area (Å²) in [6.45, 7) is 4.49. The maximum Gasteiger partial charge on any atom is 0.329 e. The van der Waals surface area contributed by atoms with E-state index in [1.807, 2.05) is 0 Å². The quantitative estimate of drug-likeness (QED) is 0.579. The van der Waals surface area contributed by atoms with Crippen molar-refractivity contribution in [1.82, 2.24) is 5.32 Å². The molecule has 8 heteroatoms. The Kier molecular flexibility index (Phi) is 8.41. The number of hydrogen-bond donors (Lipinski definition) is 1. The average molecular weight is 402 g/mol. The Morgan fingerprint density at radius 3 is 2.54 bits per heavy atom. The van der Waals surface area contributed by atoms with Crippen molar-refractivity contribution >= 4 is 28.2 Å². The molecule has 2 rings (SSSR count). The summed E-state index contributed by atoms with van der Waals surface area (Å²) in [7, 11) is -3.91. The second-order valence-electron chi connectivity index (χ2n) is 5.69. The number of rotatable bonds is 6. The van der Waals surface area contributed by atoms with Crippen molar-refractivity contribution in [2.75, 3.05) is 26.3 Å². The van der Waals surface area contributed by atoms with Gasteiger partial charge in [-0.05, 0) is 57.5 Å². The maximum absolute atomic E-state index is 13.2. The van der Waals surface area contributed by atoms with Crippen LogP contribution in [0, 0.1) is 11.8 Å². The molecule has 26 heavy (non-hydrogen) atoms. The Labute approximate surface area is 161 Å². The Balaban J connectivity index is 0.00000338. The van der Waals surface area contributed by atoms with Gasteiger partial charge in [0.2, 0.25) is 0 Å². The Morgan fingerprint density at radius 2 is 2.00 bits per heavy atom. The smallest absolute Gasteiger partial charge is 0.329 e. The van der Waals surface area contributed by atoms with Crippen molar-refractivity contribution in [3.05, 3.63) is 24.3 Å². The van der Waals surface area contributed by atoms with Gasteiger partial charge in [0, 0.05) is 6.54 Å². The molecule has 0 bridgehead atoms. The Hall–Kier alpha value is -1.75. The first-order valence-electron chi connectivity index (χ1n) is 8.23. The van der Waals surface area contributed by atoms with Crippen LogP contribution in [0.2, 0.25) is 0 Å². The van der Waals surface area contributed by atoms with E-state index in [1.165, 1.54) is 12.1 Å². The number of halogens is 1. The minimum atomic E-state index is -3.91. The van der Waals surface area contributed by atoms with Gasteiger partial charge in [-0.2, -0.15) is 0 Å². The SMILES string of the molecule is CC#CCOc1ccc(S(=O)(=O)C2(C(=O)OCC)CCCNC2)cc1.Cl. The second-order valence-corrected chi connectivity index (χ2v) is 7.95. The highest BCUT2D eigenvalue weighted by Gasteiger charge is 2.53. The van der Waals surface area contributed by atoms with Crippen LogP contribution in [0.15, 0.2) is 29.2 Å². The summed E-state index contributed by atoms with van der Waals surface area (Å²) >= 11 is 0. The topological polar surface area (TPSA) is 81.7 Å². The molecular weight excluding hydrogens is 378 g/mol. The number of nitrogens with one attached hydrogen (secondary N) is 1. The number of carbonyl (C=O) groups is 1. The molecule has 0 spiro atoms. The highest BCUT2D eigenvalue weighted by molar-refractivity contribution is 7.93. The summed E-state index contributed by atoms with van der Waals surface area (Å²) in [5.74, 6) is 5.31. The highest BCUT2D eigenvalue weighted by Crippen LogP contribution is 2.34. The predicted molar refractivity (Wildman–Crippen MR) is 101 cm³/mol. The van der Waals surface area contributed by atoms with Crippen molar-refractivity contribution in [2.24, 2.45) is 0 Å². The third-order valence-electron chi connectivity index (χ3n) is 4.13. The van der Waals surface area contributed by atoms with Gasteiger partial charge < -0.3 is 14.8 Å². The third kappa shape index (κ3) is 4.50. The molecule has 0 aromatic heterocycles. The van der Waals surface area contributed by atoms with Crippen LogP contribution in [0.5, 0.6) is 5.75 Å². The number of esters is 1. The standard InChI is InChI=1S/C18H23NO5S.ClH/c1-3-5-13-24-15-7-9-16(10-8-15)25(21,22)18(17(20)23-4-2)11-6-12-19-14-18;/h7-10,19H,4,6,11-14H2,1-2H3;1H. The van der Waals surface area contributed by atoms with E-state index in [4.69, 9.17) is 9.47 Å². The van der Waals surface area contributed by atoms with E-state index in [2.05, 4.69) is 17.2 Å². The summed E-state index contributed by atoms with van der Waals surface area (Å²) in [6, 6.07) is 6.05. The summed E-state index contributed by atoms with van der Waals surface area (Å²) < 4.78 is 35.3. The number of piperidine rings is 1. The molecule has 1 atom stereocenters. The number of sulfone groups is 1. The molecule has 0 amide bonds. The molecule has 1 aromatic rings. The van der Waals surface area contributed by atoms with Crippen molar-refractivity contribution < 1.29 is 22.7 Å². The number of carbonyl (C=O) groups excluding carboxylic acids is 1. The fourth-order valence-corrected chi connectivity index (χ4v) is 4.71. The van der Waals surface area contributed by atoms with Crippen molar-refractivity contribution in [3.8, 4) is 17.6 Å². The van der Waals surface area contributed by atoms with E-state index in [9.17, 15) is 13.2 Å². The number of ether oxygens (including phenoxy) is 2. The van der Waals surface area contributed by atoms with Gasteiger partial charge in [-0.25, -0.2) is 8.42 Å². The zero-order chi connectivity index (χ0) is 18.3. The fraction of sp³-hybridized carbons (Fsp3) is 0.500. The van der Waals surface area contributed by atoms with Gasteiger partial charge in [-0.15, -0.1) is 18.3 Å².